The third kappa shape index (κ3) is 30.9. The molecule has 0 bridgehead atoms. The van der Waals surface area contributed by atoms with Crippen LogP contribution in [-0.2, 0) is 37.4 Å². The standard InChI is InChI=1S/C41H76NO9P/c1-3-5-7-8-9-10-11-12-13-14-15-16-21-24-28-32-41(44)50-37(36-49-52(45,46)48-34-33-42)35-47-40(43)31-27-23-20-18-17-19-22-26-30-39-38(51-39)29-25-6-4-2/h10-11,22,26,37-39H,3-9,12-21,23-25,27-36,42H2,1-2H3,(H,45,46)/b11-10-,26-22-/t37-,38?,39?/m1/s1. The molecule has 304 valence electrons. The molecule has 0 radical (unpaired) electrons. The number of carbonyl (C=O) groups excluding carboxylic acids is 2. The van der Waals surface area contributed by atoms with Crippen LogP contribution in [0.4, 0.5) is 0 Å². The minimum absolute atomic E-state index is 0.0491. The number of carbonyl (C=O) groups is 2. The summed E-state index contributed by atoms with van der Waals surface area (Å²) in [4.78, 5) is 34.8. The number of allylic oxidation sites excluding steroid dienone is 3. The second kappa shape index (κ2) is 34.0. The Labute approximate surface area is 317 Å². The van der Waals surface area contributed by atoms with E-state index in [9.17, 15) is 19.0 Å². The van der Waals surface area contributed by atoms with Gasteiger partial charge in [-0.05, 0) is 64.2 Å². The highest BCUT2D eigenvalue weighted by atomic mass is 31.2. The van der Waals surface area contributed by atoms with Crippen molar-refractivity contribution in [1.29, 1.82) is 0 Å². The summed E-state index contributed by atoms with van der Waals surface area (Å²) in [5.74, 6) is -0.853. The van der Waals surface area contributed by atoms with E-state index in [-0.39, 0.29) is 32.6 Å². The van der Waals surface area contributed by atoms with Crippen molar-refractivity contribution in [3.05, 3.63) is 24.3 Å². The Balaban J connectivity index is 2.19. The van der Waals surface area contributed by atoms with Crippen LogP contribution in [0.3, 0.4) is 0 Å². The van der Waals surface area contributed by atoms with Crippen LogP contribution in [0.15, 0.2) is 24.3 Å². The summed E-state index contributed by atoms with van der Waals surface area (Å²) in [6.07, 6.45) is 36.6. The Morgan fingerprint density at radius 3 is 1.79 bits per heavy atom. The first kappa shape index (κ1) is 48.5. The number of phosphoric ester groups is 1. The summed E-state index contributed by atoms with van der Waals surface area (Å²) in [6.45, 7) is 3.66. The molecule has 0 saturated carbocycles. The van der Waals surface area contributed by atoms with Gasteiger partial charge < -0.3 is 24.8 Å². The van der Waals surface area contributed by atoms with Gasteiger partial charge in [-0.25, -0.2) is 4.57 Å². The number of epoxide rings is 1. The zero-order valence-corrected chi connectivity index (χ0v) is 33.9. The summed E-state index contributed by atoms with van der Waals surface area (Å²) in [7, 11) is -4.38. The Morgan fingerprint density at radius 2 is 1.19 bits per heavy atom. The van der Waals surface area contributed by atoms with Crippen molar-refractivity contribution in [2.24, 2.45) is 5.73 Å². The van der Waals surface area contributed by atoms with E-state index in [0.717, 1.165) is 64.2 Å². The molecule has 0 spiro atoms. The van der Waals surface area contributed by atoms with E-state index < -0.39 is 32.5 Å². The minimum atomic E-state index is -4.38. The summed E-state index contributed by atoms with van der Waals surface area (Å²) in [6, 6.07) is 0. The zero-order chi connectivity index (χ0) is 38.0. The lowest BCUT2D eigenvalue weighted by Gasteiger charge is -2.19. The van der Waals surface area contributed by atoms with Gasteiger partial charge in [-0.2, -0.15) is 0 Å². The molecule has 1 fully saturated rings. The van der Waals surface area contributed by atoms with Crippen molar-refractivity contribution in [2.75, 3.05) is 26.4 Å². The SMILES string of the molecule is CCCCCC/C=C\CCCCCCCCCC(=O)O[C@H](COC(=O)CCCCCCC/C=C\CC1OC1CCCCC)COP(=O)(O)OCCN. The van der Waals surface area contributed by atoms with Gasteiger partial charge in [-0.3, -0.25) is 18.6 Å². The number of ether oxygens (including phenoxy) is 3. The van der Waals surface area contributed by atoms with Crippen LogP contribution in [0.2, 0.25) is 0 Å². The number of nitrogens with two attached hydrogens (primary N) is 1. The van der Waals surface area contributed by atoms with Gasteiger partial charge in [0.05, 0.1) is 25.4 Å². The molecular weight excluding hydrogens is 681 g/mol. The normalized spacial score (nSPS) is 17.5. The molecule has 0 aromatic rings. The molecule has 3 N–H and O–H groups in total. The molecule has 0 amide bonds. The van der Waals surface area contributed by atoms with Crippen molar-refractivity contribution in [3.63, 3.8) is 0 Å². The summed E-state index contributed by atoms with van der Waals surface area (Å²) in [5.41, 5.74) is 5.34. The summed E-state index contributed by atoms with van der Waals surface area (Å²) >= 11 is 0. The van der Waals surface area contributed by atoms with Crippen molar-refractivity contribution in [1.82, 2.24) is 0 Å². The molecule has 1 aliphatic heterocycles. The second-order valence-electron chi connectivity index (χ2n) is 14.2. The fourth-order valence-electron chi connectivity index (χ4n) is 5.99. The van der Waals surface area contributed by atoms with Crippen LogP contribution in [0.5, 0.6) is 0 Å². The van der Waals surface area contributed by atoms with Gasteiger partial charge in [0.15, 0.2) is 6.10 Å². The molecule has 1 aliphatic rings. The monoisotopic (exact) mass is 758 g/mol. The van der Waals surface area contributed by atoms with Crippen LogP contribution < -0.4 is 5.73 Å². The quantitative estimate of drug-likeness (QED) is 0.0205. The first-order valence-corrected chi connectivity index (χ1v) is 22.4. The van der Waals surface area contributed by atoms with Gasteiger partial charge in [0.25, 0.3) is 0 Å². The fourth-order valence-corrected chi connectivity index (χ4v) is 6.75. The molecule has 10 nitrogen and oxygen atoms in total. The number of hydrogen-bond donors (Lipinski definition) is 2. The summed E-state index contributed by atoms with van der Waals surface area (Å²) in [5, 5.41) is 0. The van der Waals surface area contributed by atoms with Crippen molar-refractivity contribution >= 4 is 19.8 Å². The van der Waals surface area contributed by atoms with Crippen molar-refractivity contribution < 1.29 is 42.3 Å². The van der Waals surface area contributed by atoms with Gasteiger partial charge in [-0.1, -0.05) is 128 Å². The highest BCUT2D eigenvalue weighted by molar-refractivity contribution is 7.47. The van der Waals surface area contributed by atoms with Crippen molar-refractivity contribution in [2.45, 2.75) is 199 Å². The number of esters is 2. The third-order valence-corrected chi connectivity index (χ3v) is 10.2. The Hall–Kier alpha value is -1.55. The zero-order valence-electron chi connectivity index (χ0n) is 33.0. The lowest BCUT2D eigenvalue weighted by atomic mass is 10.1. The second-order valence-corrected chi connectivity index (χ2v) is 15.7. The maximum atomic E-state index is 12.6. The summed E-state index contributed by atoms with van der Waals surface area (Å²) < 4.78 is 38.5. The molecule has 11 heteroatoms. The Bertz CT molecular complexity index is 976. The van der Waals surface area contributed by atoms with E-state index in [0.29, 0.717) is 25.0 Å². The molecule has 0 aromatic carbocycles. The number of rotatable bonds is 38. The highest BCUT2D eigenvalue weighted by Gasteiger charge is 2.36. The molecule has 1 rings (SSSR count). The van der Waals surface area contributed by atoms with E-state index >= 15 is 0 Å². The van der Waals surface area contributed by atoms with E-state index in [4.69, 9.17) is 29.0 Å². The number of unbranched alkanes of at least 4 members (excludes halogenated alkanes) is 18. The molecule has 3 unspecified atom stereocenters. The number of hydrogen-bond acceptors (Lipinski definition) is 9. The molecule has 52 heavy (non-hydrogen) atoms. The van der Waals surface area contributed by atoms with Gasteiger partial charge in [-0.15, -0.1) is 0 Å². The van der Waals surface area contributed by atoms with Gasteiger partial charge in [0.1, 0.15) is 6.61 Å². The van der Waals surface area contributed by atoms with E-state index in [2.05, 4.69) is 38.2 Å². The molecule has 0 aromatic heterocycles. The molecule has 1 saturated heterocycles. The van der Waals surface area contributed by atoms with Crippen LogP contribution in [0.25, 0.3) is 0 Å². The number of phosphoric acid groups is 1. The third-order valence-electron chi connectivity index (χ3n) is 9.23. The lowest BCUT2D eigenvalue weighted by Crippen LogP contribution is -2.29. The van der Waals surface area contributed by atoms with E-state index in [1.54, 1.807) is 0 Å². The van der Waals surface area contributed by atoms with Crippen LogP contribution in [0.1, 0.15) is 181 Å². The fraction of sp³-hybridized carbons (Fsp3) is 0.854. The minimum Gasteiger partial charge on any atom is -0.462 e. The first-order valence-electron chi connectivity index (χ1n) is 20.9. The predicted molar refractivity (Wildman–Crippen MR) is 210 cm³/mol. The largest absolute Gasteiger partial charge is 0.472 e. The topological polar surface area (TPSA) is 147 Å². The van der Waals surface area contributed by atoms with Crippen LogP contribution >= 0.6 is 7.82 Å². The van der Waals surface area contributed by atoms with Gasteiger partial charge >= 0.3 is 19.8 Å². The molecule has 0 aliphatic carbocycles. The predicted octanol–water partition coefficient (Wildman–Crippen LogP) is 10.6. The maximum Gasteiger partial charge on any atom is 0.472 e. The Kier molecular flexibility index (Phi) is 31.7. The smallest absolute Gasteiger partial charge is 0.462 e. The molecule has 1 heterocycles. The average molecular weight is 758 g/mol. The average Bonchev–Trinajstić information content (AvgIpc) is 3.88. The molecular formula is C41H76NO9P. The van der Waals surface area contributed by atoms with Crippen LogP contribution in [-0.4, -0.2) is 61.5 Å². The lowest BCUT2D eigenvalue weighted by molar-refractivity contribution is -0.161. The van der Waals surface area contributed by atoms with Crippen LogP contribution in [0, 0.1) is 0 Å². The highest BCUT2D eigenvalue weighted by Crippen LogP contribution is 2.43. The van der Waals surface area contributed by atoms with Gasteiger partial charge in [0.2, 0.25) is 0 Å². The van der Waals surface area contributed by atoms with E-state index in [1.165, 1.54) is 77.0 Å². The van der Waals surface area contributed by atoms with Gasteiger partial charge in [0, 0.05) is 19.4 Å². The molecule has 4 atom stereocenters. The van der Waals surface area contributed by atoms with Crippen molar-refractivity contribution in [3.8, 4) is 0 Å². The van der Waals surface area contributed by atoms with E-state index in [1.807, 2.05) is 0 Å². The first-order chi connectivity index (χ1) is 25.3. The maximum absolute atomic E-state index is 12.6. The Morgan fingerprint density at radius 1 is 0.673 bits per heavy atom.